The fourth-order valence-corrected chi connectivity index (χ4v) is 3.64. The molecule has 0 aromatic carbocycles. The number of nitrogens with zero attached hydrogens (tertiary/aromatic N) is 1. The minimum absolute atomic E-state index is 0.466. The van der Waals surface area contributed by atoms with Gasteiger partial charge >= 0.3 is 0 Å². The van der Waals surface area contributed by atoms with Crippen molar-refractivity contribution in [1.29, 1.82) is 0 Å². The van der Waals surface area contributed by atoms with E-state index in [0.717, 1.165) is 12.0 Å². The van der Waals surface area contributed by atoms with E-state index >= 15 is 0 Å². The van der Waals surface area contributed by atoms with E-state index < -0.39 is 0 Å². The largest absolute Gasteiger partial charge is 0.308 e. The van der Waals surface area contributed by atoms with Crippen LogP contribution in [0.5, 0.6) is 0 Å². The van der Waals surface area contributed by atoms with Gasteiger partial charge in [-0.25, -0.2) is 0 Å². The van der Waals surface area contributed by atoms with Crippen molar-refractivity contribution in [2.75, 3.05) is 13.1 Å². The highest BCUT2D eigenvalue weighted by Crippen LogP contribution is 2.34. The summed E-state index contributed by atoms with van der Waals surface area (Å²) >= 11 is 0. The van der Waals surface area contributed by atoms with Crippen molar-refractivity contribution in [1.82, 2.24) is 10.2 Å². The van der Waals surface area contributed by atoms with Crippen LogP contribution in [-0.4, -0.2) is 35.6 Å². The molecule has 1 N–H and O–H groups in total. The fourth-order valence-electron chi connectivity index (χ4n) is 3.64. The summed E-state index contributed by atoms with van der Waals surface area (Å²) in [5.74, 6) is 0.814. The highest BCUT2D eigenvalue weighted by Gasteiger charge is 2.41. The Hall–Kier alpha value is -0.0800. The lowest BCUT2D eigenvalue weighted by Gasteiger charge is -2.49. The molecule has 100 valence electrons. The molecule has 1 saturated carbocycles. The van der Waals surface area contributed by atoms with E-state index in [-0.39, 0.29) is 0 Å². The first kappa shape index (κ1) is 13.4. The van der Waals surface area contributed by atoms with Crippen molar-refractivity contribution in [2.24, 2.45) is 5.92 Å². The fraction of sp³-hybridized carbons (Fsp3) is 1.00. The predicted molar refractivity (Wildman–Crippen MR) is 74.3 cm³/mol. The first-order valence-electron chi connectivity index (χ1n) is 7.59. The molecular weight excluding hydrogens is 208 g/mol. The zero-order chi connectivity index (χ0) is 12.5. The van der Waals surface area contributed by atoms with Crippen LogP contribution in [0.15, 0.2) is 0 Å². The first-order chi connectivity index (χ1) is 8.08. The van der Waals surface area contributed by atoms with E-state index in [1.54, 1.807) is 0 Å². The summed E-state index contributed by atoms with van der Waals surface area (Å²) < 4.78 is 0. The quantitative estimate of drug-likeness (QED) is 0.813. The van der Waals surface area contributed by atoms with Crippen LogP contribution in [0, 0.1) is 5.92 Å². The molecule has 3 unspecified atom stereocenters. The SMILES string of the molecule is CCC(C)C(C)N1CC2(CCCC2)NCC1C. The third kappa shape index (κ3) is 2.68. The monoisotopic (exact) mass is 238 g/mol. The van der Waals surface area contributed by atoms with Gasteiger partial charge in [0.2, 0.25) is 0 Å². The zero-order valence-electron chi connectivity index (χ0n) is 12.1. The molecule has 1 aliphatic heterocycles. The van der Waals surface area contributed by atoms with E-state index in [2.05, 4.69) is 37.9 Å². The van der Waals surface area contributed by atoms with Gasteiger partial charge in [-0.15, -0.1) is 0 Å². The van der Waals surface area contributed by atoms with Crippen LogP contribution in [0.25, 0.3) is 0 Å². The summed E-state index contributed by atoms with van der Waals surface area (Å²) in [6, 6.07) is 1.43. The van der Waals surface area contributed by atoms with E-state index in [4.69, 9.17) is 0 Å². The van der Waals surface area contributed by atoms with Gasteiger partial charge in [0.25, 0.3) is 0 Å². The minimum atomic E-state index is 0.466. The van der Waals surface area contributed by atoms with Gasteiger partial charge in [-0.1, -0.05) is 33.1 Å². The molecule has 0 bridgehead atoms. The van der Waals surface area contributed by atoms with Gasteiger partial charge in [0.05, 0.1) is 0 Å². The van der Waals surface area contributed by atoms with Crippen LogP contribution in [-0.2, 0) is 0 Å². The smallest absolute Gasteiger partial charge is 0.0309 e. The van der Waals surface area contributed by atoms with Crippen LogP contribution in [0.2, 0.25) is 0 Å². The standard InChI is InChI=1S/C15H30N2/c1-5-12(2)14(4)17-11-15(8-6-7-9-15)16-10-13(17)3/h12-14,16H,5-11H2,1-4H3. The average Bonchev–Trinajstić information content (AvgIpc) is 2.79. The van der Waals surface area contributed by atoms with E-state index in [1.165, 1.54) is 45.2 Å². The lowest BCUT2D eigenvalue weighted by atomic mass is 9.89. The summed E-state index contributed by atoms with van der Waals surface area (Å²) in [6.07, 6.45) is 6.93. The molecule has 1 heterocycles. The molecule has 0 aromatic rings. The third-order valence-electron chi connectivity index (χ3n) is 5.38. The number of rotatable bonds is 3. The van der Waals surface area contributed by atoms with Crippen molar-refractivity contribution in [3.63, 3.8) is 0 Å². The van der Waals surface area contributed by atoms with E-state index in [9.17, 15) is 0 Å². The Morgan fingerprint density at radius 2 is 1.94 bits per heavy atom. The molecule has 2 aliphatic rings. The molecule has 2 heteroatoms. The topological polar surface area (TPSA) is 15.3 Å². The van der Waals surface area contributed by atoms with Gasteiger partial charge in [0.15, 0.2) is 0 Å². The van der Waals surface area contributed by atoms with Crippen LogP contribution < -0.4 is 5.32 Å². The lowest BCUT2D eigenvalue weighted by Crippen LogP contribution is -2.64. The van der Waals surface area contributed by atoms with Crippen LogP contribution >= 0.6 is 0 Å². The summed E-state index contributed by atoms with van der Waals surface area (Å²) in [7, 11) is 0. The van der Waals surface area contributed by atoms with Gasteiger partial charge < -0.3 is 5.32 Å². The molecule has 2 fully saturated rings. The summed E-state index contributed by atoms with van der Waals surface area (Å²) in [4.78, 5) is 2.77. The Kier molecular flexibility index (Phi) is 4.14. The Labute approximate surface area is 107 Å². The highest BCUT2D eigenvalue weighted by molar-refractivity contribution is 5.01. The van der Waals surface area contributed by atoms with Crippen molar-refractivity contribution in [3.05, 3.63) is 0 Å². The minimum Gasteiger partial charge on any atom is -0.308 e. The van der Waals surface area contributed by atoms with Crippen LogP contribution in [0.4, 0.5) is 0 Å². The van der Waals surface area contributed by atoms with E-state index in [1.807, 2.05) is 0 Å². The molecule has 17 heavy (non-hydrogen) atoms. The Morgan fingerprint density at radius 3 is 2.53 bits per heavy atom. The Morgan fingerprint density at radius 1 is 1.29 bits per heavy atom. The molecule has 2 rings (SSSR count). The second kappa shape index (κ2) is 5.27. The number of nitrogens with one attached hydrogen (secondary N) is 1. The number of hydrogen-bond donors (Lipinski definition) is 1. The second-order valence-corrected chi connectivity index (χ2v) is 6.52. The number of piperazine rings is 1. The lowest BCUT2D eigenvalue weighted by molar-refractivity contribution is 0.0362. The molecule has 2 nitrogen and oxygen atoms in total. The van der Waals surface area contributed by atoms with Crippen molar-refractivity contribution in [2.45, 2.75) is 77.4 Å². The summed E-state index contributed by atoms with van der Waals surface area (Å²) in [5, 5.41) is 3.84. The maximum absolute atomic E-state index is 3.84. The maximum Gasteiger partial charge on any atom is 0.0309 e. The maximum atomic E-state index is 3.84. The van der Waals surface area contributed by atoms with Crippen LogP contribution in [0.1, 0.15) is 59.8 Å². The summed E-state index contributed by atoms with van der Waals surface area (Å²) in [6.45, 7) is 12.0. The molecule has 1 spiro atoms. The second-order valence-electron chi connectivity index (χ2n) is 6.52. The average molecular weight is 238 g/mol. The van der Waals surface area contributed by atoms with Crippen LogP contribution in [0.3, 0.4) is 0 Å². The molecular formula is C15H30N2. The van der Waals surface area contributed by atoms with Gasteiger partial charge in [-0.2, -0.15) is 0 Å². The Balaban J connectivity index is 2.04. The van der Waals surface area contributed by atoms with E-state index in [0.29, 0.717) is 11.6 Å². The molecule has 1 aliphatic carbocycles. The molecule has 0 radical (unpaired) electrons. The molecule has 0 amide bonds. The first-order valence-corrected chi connectivity index (χ1v) is 7.59. The molecule has 0 aromatic heterocycles. The van der Waals surface area contributed by atoms with Crippen molar-refractivity contribution >= 4 is 0 Å². The van der Waals surface area contributed by atoms with Gasteiger partial charge in [-0.3, -0.25) is 4.90 Å². The van der Waals surface area contributed by atoms with Gasteiger partial charge in [0.1, 0.15) is 0 Å². The predicted octanol–water partition coefficient (Wildman–Crippen LogP) is 3.03. The molecule has 3 atom stereocenters. The zero-order valence-corrected chi connectivity index (χ0v) is 12.1. The van der Waals surface area contributed by atoms with Crippen molar-refractivity contribution < 1.29 is 0 Å². The van der Waals surface area contributed by atoms with Crippen molar-refractivity contribution in [3.8, 4) is 0 Å². The summed E-state index contributed by atoms with van der Waals surface area (Å²) in [5.41, 5.74) is 0.466. The normalized spacial score (nSPS) is 32.8. The van der Waals surface area contributed by atoms with Gasteiger partial charge in [0, 0.05) is 30.7 Å². The highest BCUT2D eigenvalue weighted by atomic mass is 15.3. The molecule has 1 saturated heterocycles. The Bertz CT molecular complexity index is 245. The van der Waals surface area contributed by atoms with Gasteiger partial charge in [-0.05, 0) is 32.6 Å². The third-order valence-corrected chi connectivity index (χ3v) is 5.38. The number of hydrogen-bond acceptors (Lipinski definition) is 2.